The topological polar surface area (TPSA) is 49.9 Å². The maximum absolute atomic E-state index is 13.3. The zero-order valence-electron chi connectivity index (χ0n) is 16.6. The van der Waals surface area contributed by atoms with Crippen molar-refractivity contribution in [2.45, 2.75) is 27.7 Å². The van der Waals surface area contributed by atoms with Crippen molar-refractivity contribution < 1.29 is 13.2 Å². The summed E-state index contributed by atoms with van der Waals surface area (Å²) in [7, 11) is -3.59. The van der Waals surface area contributed by atoms with Gasteiger partial charge >= 0.3 is 0 Å². The molecule has 29 heavy (non-hydrogen) atoms. The number of hydrogen-bond donors (Lipinski definition) is 1. The van der Waals surface area contributed by atoms with Crippen LogP contribution in [0.5, 0.6) is 0 Å². The van der Waals surface area contributed by atoms with Crippen LogP contribution < -0.4 is 0 Å². The van der Waals surface area contributed by atoms with Crippen LogP contribution in [0.3, 0.4) is 0 Å². The molecule has 3 rings (SSSR count). The van der Waals surface area contributed by atoms with Crippen LogP contribution in [0.25, 0.3) is 0 Å². The lowest BCUT2D eigenvalue weighted by molar-refractivity contribution is 0.0357. The number of sulfonamides is 1. The third-order valence-corrected chi connectivity index (χ3v) is 8.48. The van der Waals surface area contributed by atoms with Crippen molar-refractivity contribution in [2.75, 3.05) is 45.1 Å². The SMILES string of the molecule is CC(CS)N(CCN1CCOCC1)S(=O)(=O)c1ccc(Sc2ccccc2)cc1. The first-order valence-electron chi connectivity index (χ1n) is 9.76. The second-order valence-corrected chi connectivity index (χ2v) is 10.4. The third kappa shape index (κ3) is 6.23. The smallest absolute Gasteiger partial charge is 0.243 e. The predicted octanol–water partition coefficient (Wildman–Crippen LogP) is 3.48. The van der Waals surface area contributed by atoms with E-state index < -0.39 is 10.0 Å². The van der Waals surface area contributed by atoms with Crippen molar-refractivity contribution >= 4 is 34.4 Å². The Morgan fingerprint density at radius 2 is 1.69 bits per heavy atom. The van der Waals surface area contributed by atoms with Gasteiger partial charge < -0.3 is 4.74 Å². The molecule has 1 heterocycles. The molecule has 5 nitrogen and oxygen atoms in total. The Morgan fingerprint density at radius 3 is 2.31 bits per heavy atom. The molecule has 1 aliphatic rings. The van der Waals surface area contributed by atoms with Gasteiger partial charge in [-0.25, -0.2) is 8.42 Å². The molecule has 1 fully saturated rings. The molecule has 0 aliphatic carbocycles. The van der Waals surface area contributed by atoms with E-state index in [0.29, 0.717) is 37.0 Å². The number of ether oxygens (including phenoxy) is 1. The maximum Gasteiger partial charge on any atom is 0.243 e. The van der Waals surface area contributed by atoms with Crippen LogP contribution in [-0.4, -0.2) is 68.8 Å². The fourth-order valence-electron chi connectivity index (χ4n) is 3.17. The summed E-state index contributed by atoms with van der Waals surface area (Å²) in [5.74, 6) is 0.476. The maximum atomic E-state index is 13.3. The van der Waals surface area contributed by atoms with E-state index in [2.05, 4.69) is 17.5 Å². The number of morpholine rings is 1. The van der Waals surface area contributed by atoms with Crippen LogP contribution in [0.1, 0.15) is 6.92 Å². The van der Waals surface area contributed by atoms with E-state index in [1.165, 1.54) is 0 Å². The van der Waals surface area contributed by atoms with Crippen molar-refractivity contribution in [1.82, 2.24) is 9.21 Å². The molecule has 1 saturated heterocycles. The summed E-state index contributed by atoms with van der Waals surface area (Å²) >= 11 is 5.96. The standard InChI is InChI=1S/C21H28N2O3S3/c1-18(17-27)23(12-11-22-13-15-26-16-14-22)29(24,25)21-9-7-20(8-10-21)28-19-5-3-2-4-6-19/h2-10,18,27H,11-17H2,1H3. The lowest BCUT2D eigenvalue weighted by atomic mass is 10.3. The van der Waals surface area contributed by atoms with Crippen molar-refractivity contribution in [3.8, 4) is 0 Å². The van der Waals surface area contributed by atoms with Crippen molar-refractivity contribution in [2.24, 2.45) is 0 Å². The van der Waals surface area contributed by atoms with E-state index in [1.807, 2.05) is 49.4 Å². The Morgan fingerprint density at radius 1 is 1.07 bits per heavy atom. The molecule has 0 radical (unpaired) electrons. The van der Waals surface area contributed by atoms with E-state index in [1.54, 1.807) is 28.2 Å². The highest BCUT2D eigenvalue weighted by Crippen LogP contribution is 2.29. The highest BCUT2D eigenvalue weighted by Gasteiger charge is 2.29. The molecular formula is C21H28N2O3S3. The van der Waals surface area contributed by atoms with E-state index >= 15 is 0 Å². The molecule has 2 aromatic carbocycles. The third-order valence-electron chi connectivity index (χ3n) is 4.91. The summed E-state index contributed by atoms with van der Waals surface area (Å²) in [6, 6.07) is 17.0. The van der Waals surface area contributed by atoms with Gasteiger partial charge in [0, 0.05) is 47.8 Å². The van der Waals surface area contributed by atoms with Crippen molar-refractivity contribution in [3.05, 3.63) is 54.6 Å². The van der Waals surface area contributed by atoms with Gasteiger partial charge in [0.1, 0.15) is 0 Å². The van der Waals surface area contributed by atoms with Gasteiger partial charge in [0.25, 0.3) is 0 Å². The van der Waals surface area contributed by atoms with Gasteiger partial charge in [-0.1, -0.05) is 30.0 Å². The minimum absolute atomic E-state index is 0.178. The average Bonchev–Trinajstić information content (AvgIpc) is 2.75. The monoisotopic (exact) mass is 452 g/mol. The zero-order chi connectivity index (χ0) is 20.7. The summed E-state index contributed by atoms with van der Waals surface area (Å²) < 4.78 is 33.6. The number of nitrogens with zero attached hydrogens (tertiary/aromatic N) is 2. The van der Waals surface area contributed by atoms with Crippen molar-refractivity contribution in [3.63, 3.8) is 0 Å². The summed E-state index contributed by atoms with van der Waals surface area (Å²) in [5, 5.41) is 0. The Kier molecular flexibility index (Phi) is 8.46. The van der Waals surface area contributed by atoms with E-state index in [-0.39, 0.29) is 6.04 Å². The first kappa shape index (κ1) is 22.7. The quantitative estimate of drug-likeness (QED) is 0.591. The van der Waals surface area contributed by atoms with Crippen LogP contribution in [-0.2, 0) is 14.8 Å². The molecule has 0 N–H and O–H groups in total. The van der Waals surface area contributed by atoms with Gasteiger partial charge in [0.05, 0.1) is 18.1 Å². The van der Waals surface area contributed by atoms with Gasteiger partial charge in [-0.3, -0.25) is 4.90 Å². The summed E-state index contributed by atoms with van der Waals surface area (Å²) in [5.41, 5.74) is 0. The Balaban J connectivity index is 1.72. The first-order valence-corrected chi connectivity index (χ1v) is 12.7. The van der Waals surface area contributed by atoms with Crippen LogP contribution in [0.2, 0.25) is 0 Å². The molecule has 0 spiro atoms. The minimum Gasteiger partial charge on any atom is -0.379 e. The number of thiol groups is 1. The number of benzene rings is 2. The Bertz CT molecular complexity index is 854. The van der Waals surface area contributed by atoms with Gasteiger partial charge in [-0.15, -0.1) is 0 Å². The van der Waals surface area contributed by atoms with Gasteiger partial charge in [0.15, 0.2) is 0 Å². The molecular weight excluding hydrogens is 424 g/mol. The molecule has 0 amide bonds. The first-order chi connectivity index (χ1) is 14.0. The van der Waals surface area contributed by atoms with Crippen molar-refractivity contribution in [1.29, 1.82) is 0 Å². The Hall–Kier alpha value is -1.03. The lowest BCUT2D eigenvalue weighted by Crippen LogP contribution is -2.46. The average molecular weight is 453 g/mol. The van der Waals surface area contributed by atoms with Crippen LogP contribution >= 0.6 is 24.4 Å². The second-order valence-electron chi connectivity index (χ2n) is 6.99. The second kappa shape index (κ2) is 10.8. The summed E-state index contributed by atoms with van der Waals surface area (Å²) in [6.07, 6.45) is 0. The van der Waals surface area contributed by atoms with Gasteiger partial charge in [-0.05, 0) is 43.3 Å². The predicted molar refractivity (Wildman–Crippen MR) is 121 cm³/mol. The number of rotatable bonds is 9. The van der Waals surface area contributed by atoms with E-state index in [9.17, 15) is 8.42 Å². The molecule has 1 unspecified atom stereocenters. The summed E-state index contributed by atoms with van der Waals surface area (Å²) in [6.45, 7) is 6.14. The molecule has 0 bridgehead atoms. The van der Waals surface area contributed by atoms with Gasteiger partial charge in [0.2, 0.25) is 10.0 Å². The fourth-order valence-corrected chi connectivity index (χ4v) is 5.94. The lowest BCUT2D eigenvalue weighted by Gasteiger charge is -2.32. The largest absolute Gasteiger partial charge is 0.379 e. The normalized spacial score (nSPS) is 16.8. The molecule has 158 valence electrons. The number of hydrogen-bond acceptors (Lipinski definition) is 6. The van der Waals surface area contributed by atoms with Crippen LogP contribution in [0, 0.1) is 0 Å². The Labute approximate surface area is 183 Å². The molecule has 8 heteroatoms. The molecule has 0 aromatic heterocycles. The summed E-state index contributed by atoms with van der Waals surface area (Å²) in [4.78, 5) is 4.71. The van der Waals surface area contributed by atoms with Crippen LogP contribution in [0.15, 0.2) is 69.3 Å². The van der Waals surface area contributed by atoms with Crippen LogP contribution in [0.4, 0.5) is 0 Å². The zero-order valence-corrected chi connectivity index (χ0v) is 19.1. The fraction of sp³-hybridized carbons (Fsp3) is 0.429. The molecule has 0 saturated carbocycles. The molecule has 1 aliphatic heterocycles. The van der Waals surface area contributed by atoms with E-state index in [0.717, 1.165) is 22.9 Å². The highest BCUT2D eigenvalue weighted by molar-refractivity contribution is 7.99. The van der Waals surface area contributed by atoms with E-state index in [4.69, 9.17) is 4.74 Å². The highest BCUT2D eigenvalue weighted by atomic mass is 32.2. The molecule has 2 aromatic rings. The molecule has 1 atom stereocenters. The minimum atomic E-state index is -3.59. The van der Waals surface area contributed by atoms with Gasteiger partial charge in [-0.2, -0.15) is 16.9 Å².